The van der Waals surface area contributed by atoms with Gasteiger partial charge in [0.15, 0.2) is 0 Å². The first-order chi connectivity index (χ1) is 9.90. The van der Waals surface area contributed by atoms with Gasteiger partial charge in [0.05, 0.1) is 26.6 Å². The molecule has 0 aliphatic heterocycles. The molecule has 0 saturated carbocycles. The van der Waals surface area contributed by atoms with Gasteiger partial charge in [-0.25, -0.2) is 4.68 Å². The Morgan fingerprint density at radius 1 is 1.33 bits per heavy atom. The topological polar surface area (TPSA) is 29.9 Å². The second kappa shape index (κ2) is 6.95. The van der Waals surface area contributed by atoms with Crippen LogP contribution in [0.5, 0.6) is 0 Å². The number of nitrogens with one attached hydrogen (secondary N) is 1. The molecule has 0 radical (unpaired) electrons. The molecule has 2 aromatic rings. The highest BCUT2D eigenvalue weighted by Crippen LogP contribution is 2.27. The molecule has 3 nitrogen and oxygen atoms in total. The Kier molecular flexibility index (Phi) is 5.47. The van der Waals surface area contributed by atoms with Crippen molar-refractivity contribution in [3.63, 3.8) is 0 Å². The molecule has 0 fully saturated rings. The molecule has 0 aliphatic carbocycles. The van der Waals surface area contributed by atoms with Gasteiger partial charge in [-0.15, -0.1) is 0 Å². The number of hydrogen-bond acceptors (Lipinski definition) is 2. The molecule has 114 valence electrons. The van der Waals surface area contributed by atoms with Crippen LogP contribution >= 0.6 is 27.5 Å². The molecule has 21 heavy (non-hydrogen) atoms. The molecule has 1 aromatic carbocycles. The molecule has 0 atom stereocenters. The molecule has 0 bridgehead atoms. The lowest BCUT2D eigenvalue weighted by Gasteiger charge is -2.11. The maximum absolute atomic E-state index is 6.44. The van der Waals surface area contributed by atoms with E-state index in [1.807, 2.05) is 30.7 Å². The summed E-state index contributed by atoms with van der Waals surface area (Å²) in [7, 11) is 0. The average Bonchev–Trinajstić information content (AvgIpc) is 2.66. The van der Waals surface area contributed by atoms with E-state index in [9.17, 15) is 0 Å². The van der Waals surface area contributed by atoms with Crippen LogP contribution in [0.1, 0.15) is 30.8 Å². The zero-order valence-corrected chi connectivity index (χ0v) is 15.2. The van der Waals surface area contributed by atoms with Crippen molar-refractivity contribution >= 4 is 27.5 Å². The van der Waals surface area contributed by atoms with Crippen LogP contribution in [-0.2, 0) is 6.54 Å². The molecule has 0 saturated heterocycles. The van der Waals surface area contributed by atoms with Crippen molar-refractivity contribution in [2.75, 3.05) is 6.54 Å². The average molecular weight is 371 g/mol. The third-order valence-electron chi connectivity index (χ3n) is 3.32. The Hall–Kier alpha value is -0.840. The number of nitrogens with zero attached hydrogens (tertiary/aromatic N) is 2. The standard InChI is InChI=1S/C16H21BrClN3/c1-10(2)8-19-9-13-5-6-15(14(18)7-13)21-12(4)16(17)11(3)20-21/h5-7,10,19H,8-9H2,1-4H3. The molecule has 0 spiro atoms. The van der Waals surface area contributed by atoms with E-state index in [-0.39, 0.29) is 0 Å². The fourth-order valence-corrected chi connectivity index (χ4v) is 2.73. The maximum atomic E-state index is 6.44. The van der Waals surface area contributed by atoms with Gasteiger partial charge in [0.1, 0.15) is 0 Å². The van der Waals surface area contributed by atoms with Crippen molar-refractivity contribution in [3.8, 4) is 5.69 Å². The zero-order valence-electron chi connectivity index (χ0n) is 12.9. The molecule has 1 N–H and O–H groups in total. The molecule has 1 aromatic heterocycles. The quantitative estimate of drug-likeness (QED) is 0.830. The molecule has 5 heteroatoms. The van der Waals surface area contributed by atoms with E-state index in [1.165, 1.54) is 5.56 Å². The molecule has 0 aliphatic rings. The van der Waals surface area contributed by atoms with Gasteiger partial charge < -0.3 is 5.32 Å². The Morgan fingerprint density at radius 3 is 2.57 bits per heavy atom. The van der Waals surface area contributed by atoms with E-state index >= 15 is 0 Å². The third kappa shape index (κ3) is 3.87. The summed E-state index contributed by atoms with van der Waals surface area (Å²) < 4.78 is 2.91. The van der Waals surface area contributed by atoms with Crippen LogP contribution in [-0.4, -0.2) is 16.3 Å². The summed E-state index contributed by atoms with van der Waals surface area (Å²) in [6.07, 6.45) is 0. The van der Waals surface area contributed by atoms with E-state index in [4.69, 9.17) is 11.6 Å². The van der Waals surface area contributed by atoms with Crippen LogP contribution in [0.25, 0.3) is 5.69 Å². The highest BCUT2D eigenvalue weighted by atomic mass is 79.9. The Morgan fingerprint density at radius 2 is 2.05 bits per heavy atom. The Bertz CT molecular complexity index is 635. The van der Waals surface area contributed by atoms with E-state index < -0.39 is 0 Å². The predicted molar refractivity (Wildman–Crippen MR) is 92.3 cm³/mol. The third-order valence-corrected chi connectivity index (χ3v) is 4.78. The maximum Gasteiger partial charge on any atom is 0.0835 e. The summed E-state index contributed by atoms with van der Waals surface area (Å²) in [6.45, 7) is 10.2. The van der Waals surface area contributed by atoms with Crippen molar-refractivity contribution in [2.45, 2.75) is 34.2 Å². The van der Waals surface area contributed by atoms with Gasteiger partial charge in [-0.3, -0.25) is 0 Å². The molecular weight excluding hydrogens is 350 g/mol. The lowest BCUT2D eigenvalue weighted by atomic mass is 10.2. The first-order valence-corrected chi connectivity index (χ1v) is 8.28. The number of hydrogen-bond donors (Lipinski definition) is 1. The van der Waals surface area contributed by atoms with E-state index in [0.29, 0.717) is 5.92 Å². The van der Waals surface area contributed by atoms with Gasteiger partial charge in [-0.2, -0.15) is 5.10 Å². The van der Waals surface area contributed by atoms with Gasteiger partial charge in [0.25, 0.3) is 0 Å². The lowest BCUT2D eigenvalue weighted by molar-refractivity contribution is 0.552. The summed E-state index contributed by atoms with van der Waals surface area (Å²) in [4.78, 5) is 0. The highest BCUT2D eigenvalue weighted by molar-refractivity contribution is 9.10. The minimum absolute atomic E-state index is 0.645. The van der Waals surface area contributed by atoms with Gasteiger partial charge in [0, 0.05) is 6.54 Å². The van der Waals surface area contributed by atoms with Crippen LogP contribution in [0.15, 0.2) is 22.7 Å². The number of halogens is 2. The summed E-state index contributed by atoms with van der Waals surface area (Å²) in [6, 6.07) is 6.13. The van der Waals surface area contributed by atoms with E-state index in [0.717, 1.165) is 39.7 Å². The monoisotopic (exact) mass is 369 g/mol. The highest BCUT2D eigenvalue weighted by Gasteiger charge is 2.13. The number of benzene rings is 1. The van der Waals surface area contributed by atoms with E-state index in [2.05, 4.69) is 46.3 Å². The summed E-state index contributed by atoms with van der Waals surface area (Å²) in [5.74, 6) is 0.645. The van der Waals surface area contributed by atoms with Gasteiger partial charge in [-0.05, 0) is 59.9 Å². The smallest absolute Gasteiger partial charge is 0.0835 e. The fourth-order valence-electron chi connectivity index (χ4n) is 2.20. The van der Waals surface area contributed by atoms with Crippen molar-refractivity contribution in [1.82, 2.24) is 15.1 Å². The minimum atomic E-state index is 0.645. The molecule has 2 rings (SSSR count). The normalized spacial score (nSPS) is 11.4. The van der Waals surface area contributed by atoms with Crippen molar-refractivity contribution in [1.29, 1.82) is 0 Å². The largest absolute Gasteiger partial charge is 0.312 e. The van der Waals surface area contributed by atoms with Crippen LogP contribution in [0.4, 0.5) is 0 Å². The Labute approximate surface area is 139 Å². The summed E-state index contributed by atoms with van der Waals surface area (Å²) in [5.41, 5.74) is 4.12. The molecule has 0 amide bonds. The number of rotatable bonds is 5. The SMILES string of the molecule is Cc1nn(-c2ccc(CNCC(C)C)cc2Cl)c(C)c1Br. The summed E-state index contributed by atoms with van der Waals surface area (Å²) in [5, 5.41) is 8.67. The van der Waals surface area contributed by atoms with Crippen molar-refractivity contribution in [2.24, 2.45) is 5.92 Å². The van der Waals surface area contributed by atoms with Crippen LogP contribution in [0, 0.1) is 19.8 Å². The predicted octanol–water partition coefficient (Wildman–Crippen LogP) is 4.65. The number of aryl methyl sites for hydroxylation is 1. The van der Waals surface area contributed by atoms with Crippen LogP contribution in [0.2, 0.25) is 5.02 Å². The minimum Gasteiger partial charge on any atom is -0.312 e. The number of aromatic nitrogens is 2. The molecular formula is C16H21BrClN3. The Balaban J connectivity index is 2.21. The molecule has 0 unspecified atom stereocenters. The first kappa shape index (κ1) is 16.5. The van der Waals surface area contributed by atoms with Gasteiger partial charge >= 0.3 is 0 Å². The summed E-state index contributed by atoms with van der Waals surface area (Å²) >= 11 is 9.98. The molecule has 1 heterocycles. The van der Waals surface area contributed by atoms with E-state index in [1.54, 1.807) is 0 Å². The lowest BCUT2D eigenvalue weighted by Crippen LogP contribution is -2.19. The van der Waals surface area contributed by atoms with Crippen LogP contribution in [0.3, 0.4) is 0 Å². The van der Waals surface area contributed by atoms with Gasteiger partial charge in [-0.1, -0.05) is 31.5 Å². The van der Waals surface area contributed by atoms with Crippen LogP contribution < -0.4 is 5.32 Å². The fraction of sp³-hybridized carbons (Fsp3) is 0.438. The van der Waals surface area contributed by atoms with Gasteiger partial charge in [0.2, 0.25) is 0 Å². The van der Waals surface area contributed by atoms with Crippen molar-refractivity contribution in [3.05, 3.63) is 44.6 Å². The second-order valence-electron chi connectivity index (χ2n) is 5.71. The van der Waals surface area contributed by atoms with Crippen molar-refractivity contribution < 1.29 is 0 Å². The first-order valence-electron chi connectivity index (χ1n) is 7.11. The zero-order chi connectivity index (χ0) is 15.6. The second-order valence-corrected chi connectivity index (χ2v) is 6.91.